The lowest BCUT2D eigenvalue weighted by molar-refractivity contribution is 0.673. The second kappa shape index (κ2) is 12.4. The van der Waals surface area contributed by atoms with Gasteiger partial charge in [-0.25, -0.2) is 0 Å². The third-order valence-electron chi connectivity index (χ3n) is 12.8. The van der Waals surface area contributed by atoms with Crippen LogP contribution in [0.25, 0.3) is 131 Å². The van der Waals surface area contributed by atoms with E-state index in [0.717, 1.165) is 21.9 Å². The molecule has 0 saturated carbocycles. The molecule has 13 aromatic rings. The number of rotatable bonds is 3. The highest BCUT2D eigenvalue weighted by Gasteiger charge is 2.21. The van der Waals surface area contributed by atoms with E-state index in [1.165, 1.54) is 109 Å². The van der Waals surface area contributed by atoms with Crippen LogP contribution >= 0.6 is 0 Å². The minimum atomic E-state index is 0.923. The van der Waals surface area contributed by atoms with E-state index in [-0.39, 0.29) is 0 Å². The zero-order chi connectivity index (χ0) is 38.6. The van der Waals surface area contributed by atoms with Crippen molar-refractivity contribution in [3.05, 3.63) is 206 Å². The van der Waals surface area contributed by atoms with E-state index < -0.39 is 0 Å². The molecule has 0 saturated heterocycles. The maximum Gasteiger partial charge on any atom is 0.143 e. The van der Waals surface area contributed by atoms with Gasteiger partial charge in [-0.15, -0.1) is 0 Å². The molecule has 0 radical (unpaired) electrons. The van der Waals surface area contributed by atoms with Gasteiger partial charge in [-0.2, -0.15) is 0 Å². The molecule has 0 aliphatic carbocycles. The van der Waals surface area contributed by atoms with E-state index in [0.29, 0.717) is 0 Å². The minimum absolute atomic E-state index is 0.923. The van der Waals surface area contributed by atoms with Crippen molar-refractivity contribution < 1.29 is 4.42 Å². The maximum atomic E-state index is 6.79. The van der Waals surface area contributed by atoms with Crippen LogP contribution in [0.15, 0.2) is 211 Å². The first kappa shape index (κ1) is 32.4. The van der Waals surface area contributed by atoms with E-state index >= 15 is 0 Å². The zero-order valence-corrected chi connectivity index (χ0v) is 32.0. The Morgan fingerprint density at radius 1 is 0.254 bits per heavy atom. The summed E-state index contributed by atoms with van der Waals surface area (Å²) in [5.74, 6) is 0. The van der Waals surface area contributed by atoms with E-state index in [4.69, 9.17) is 4.42 Å². The van der Waals surface area contributed by atoms with Crippen LogP contribution in [-0.4, -0.2) is 0 Å². The predicted molar refractivity (Wildman–Crippen MR) is 253 cm³/mol. The van der Waals surface area contributed by atoms with Crippen molar-refractivity contribution in [1.82, 2.24) is 0 Å². The molecule has 59 heavy (non-hydrogen) atoms. The first-order valence-electron chi connectivity index (χ1n) is 20.4. The van der Waals surface area contributed by atoms with Gasteiger partial charge in [-0.3, -0.25) is 0 Å². The van der Waals surface area contributed by atoms with Crippen LogP contribution in [-0.2, 0) is 0 Å². The van der Waals surface area contributed by atoms with Crippen molar-refractivity contribution in [3.63, 3.8) is 0 Å². The van der Waals surface area contributed by atoms with Gasteiger partial charge in [0.05, 0.1) is 0 Å². The molecule has 0 atom stereocenters. The monoisotopic (exact) mass is 746 g/mol. The molecule has 272 valence electrons. The topological polar surface area (TPSA) is 13.1 Å². The molecule has 0 spiro atoms. The van der Waals surface area contributed by atoms with Gasteiger partial charge in [-0.05, 0) is 134 Å². The summed E-state index contributed by atoms with van der Waals surface area (Å²) in [6.45, 7) is 0. The average molecular weight is 747 g/mol. The third kappa shape index (κ3) is 4.73. The van der Waals surface area contributed by atoms with Crippen molar-refractivity contribution in [1.29, 1.82) is 0 Å². The van der Waals surface area contributed by atoms with Crippen LogP contribution in [0.1, 0.15) is 0 Å². The SMILES string of the molecule is c1ccc2cc(-c3c4ccccc4c(-c4ccc(-c5ccc6c(c5)c5ccccc5c5c7cc8ccccc8cc7oc65)c5ccccc45)c4ccccc34)ccc2c1. The van der Waals surface area contributed by atoms with Gasteiger partial charge in [0.2, 0.25) is 0 Å². The lowest BCUT2D eigenvalue weighted by atomic mass is 9.83. The minimum Gasteiger partial charge on any atom is -0.455 e. The van der Waals surface area contributed by atoms with E-state index in [1.54, 1.807) is 0 Å². The molecule has 1 heteroatoms. The highest BCUT2D eigenvalue weighted by Crippen LogP contribution is 2.48. The van der Waals surface area contributed by atoms with Gasteiger partial charge in [0, 0.05) is 16.2 Å². The number of benzene rings is 12. The normalized spacial score (nSPS) is 12.1. The third-order valence-corrected chi connectivity index (χ3v) is 12.8. The van der Waals surface area contributed by atoms with Gasteiger partial charge in [0.15, 0.2) is 0 Å². The first-order valence-corrected chi connectivity index (χ1v) is 20.4. The van der Waals surface area contributed by atoms with Crippen molar-refractivity contribution in [2.24, 2.45) is 0 Å². The Balaban J connectivity index is 1.04. The molecular formula is C58H34O. The van der Waals surface area contributed by atoms with Crippen LogP contribution in [0.3, 0.4) is 0 Å². The van der Waals surface area contributed by atoms with Gasteiger partial charge >= 0.3 is 0 Å². The molecule has 0 N–H and O–H groups in total. The summed E-state index contributed by atoms with van der Waals surface area (Å²) in [6.07, 6.45) is 0. The molecule has 13 rings (SSSR count). The second-order valence-electron chi connectivity index (χ2n) is 15.9. The molecule has 0 bridgehead atoms. The molecule has 0 aliphatic heterocycles. The predicted octanol–water partition coefficient (Wildman–Crippen LogP) is 16.7. The van der Waals surface area contributed by atoms with Crippen LogP contribution in [0.2, 0.25) is 0 Å². The highest BCUT2D eigenvalue weighted by atomic mass is 16.3. The number of hydrogen-bond acceptors (Lipinski definition) is 1. The van der Waals surface area contributed by atoms with Gasteiger partial charge in [0.25, 0.3) is 0 Å². The molecule has 0 aliphatic rings. The summed E-state index contributed by atoms with van der Waals surface area (Å²) in [7, 11) is 0. The van der Waals surface area contributed by atoms with Gasteiger partial charge in [0.1, 0.15) is 11.2 Å². The quantitative estimate of drug-likeness (QED) is 0.130. The lowest BCUT2D eigenvalue weighted by Gasteiger charge is -2.20. The van der Waals surface area contributed by atoms with Crippen LogP contribution in [0.5, 0.6) is 0 Å². The fraction of sp³-hybridized carbons (Fsp3) is 0. The Kier molecular flexibility index (Phi) is 6.79. The molecular weight excluding hydrogens is 713 g/mol. The van der Waals surface area contributed by atoms with Crippen molar-refractivity contribution in [2.45, 2.75) is 0 Å². The largest absolute Gasteiger partial charge is 0.455 e. The molecule has 1 aromatic heterocycles. The zero-order valence-electron chi connectivity index (χ0n) is 32.0. The summed E-state index contributed by atoms with van der Waals surface area (Å²) in [4.78, 5) is 0. The maximum absolute atomic E-state index is 6.79. The van der Waals surface area contributed by atoms with E-state index in [9.17, 15) is 0 Å². The lowest BCUT2D eigenvalue weighted by Crippen LogP contribution is -1.92. The highest BCUT2D eigenvalue weighted by molar-refractivity contribution is 6.31. The smallest absolute Gasteiger partial charge is 0.143 e. The Morgan fingerprint density at radius 3 is 1.46 bits per heavy atom. The summed E-state index contributed by atoms with van der Waals surface area (Å²) < 4.78 is 6.79. The van der Waals surface area contributed by atoms with Gasteiger partial charge in [-0.1, -0.05) is 176 Å². The summed E-state index contributed by atoms with van der Waals surface area (Å²) >= 11 is 0. The molecule has 1 nitrogen and oxygen atoms in total. The number of fused-ring (bicyclic) bond motifs is 13. The fourth-order valence-corrected chi connectivity index (χ4v) is 10.2. The van der Waals surface area contributed by atoms with Crippen LogP contribution < -0.4 is 0 Å². The Labute approximate surface area is 340 Å². The van der Waals surface area contributed by atoms with E-state index in [1.807, 2.05) is 0 Å². The Bertz CT molecular complexity index is 3850. The van der Waals surface area contributed by atoms with Crippen molar-refractivity contribution in [2.75, 3.05) is 0 Å². The summed E-state index contributed by atoms with van der Waals surface area (Å²) in [6, 6.07) is 75.9. The summed E-state index contributed by atoms with van der Waals surface area (Å²) in [5.41, 5.74) is 9.30. The summed E-state index contributed by atoms with van der Waals surface area (Å²) in [5, 5.41) is 19.5. The second-order valence-corrected chi connectivity index (χ2v) is 15.9. The van der Waals surface area contributed by atoms with Crippen molar-refractivity contribution in [3.8, 4) is 33.4 Å². The first-order chi connectivity index (χ1) is 29.3. The standard InChI is InChI=1S/C58H34O/c1-2-14-36-31-40(26-25-35(36)13-1)55-46-21-9-11-23-48(46)56(49-24-12-10-22-47(49)55)50-30-29-41(42-17-5-6-18-43(42)50)39-27-28-51-52(33-39)44-19-7-8-20-45(44)57-53-32-37-15-3-4-16-38(37)34-54(53)59-58(51)57/h1-34H. The Hall–Kier alpha value is -7.74. The average Bonchev–Trinajstić information content (AvgIpc) is 3.68. The van der Waals surface area contributed by atoms with E-state index in [2.05, 4.69) is 206 Å². The number of furan rings is 1. The molecule has 0 unspecified atom stereocenters. The van der Waals surface area contributed by atoms with Crippen LogP contribution in [0.4, 0.5) is 0 Å². The molecule has 1 heterocycles. The van der Waals surface area contributed by atoms with Gasteiger partial charge < -0.3 is 4.42 Å². The van der Waals surface area contributed by atoms with Crippen molar-refractivity contribution >= 4 is 97.3 Å². The Morgan fingerprint density at radius 2 is 0.763 bits per heavy atom. The number of hydrogen-bond donors (Lipinski definition) is 0. The fourth-order valence-electron chi connectivity index (χ4n) is 10.2. The molecule has 12 aromatic carbocycles. The van der Waals surface area contributed by atoms with Crippen LogP contribution in [0, 0.1) is 0 Å². The molecule has 0 amide bonds. The molecule has 0 fully saturated rings.